The third-order valence-electron chi connectivity index (χ3n) is 6.22. The Morgan fingerprint density at radius 3 is 2.54 bits per heavy atom. The Morgan fingerprint density at radius 1 is 1.03 bits per heavy atom. The van der Waals surface area contributed by atoms with E-state index in [-0.39, 0.29) is 47.7 Å². The second kappa shape index (κ2) is 11.8. The molecule has 0 fully saturated rings. The van der Waals surface area contributed by atoms with Crippen LogP contribution >= 0.6 is 0 Å². The lowest BCUT2D eigenvalue weighted by molar-refractivity contribution is -0.121. The zero-order valence-corrected chi connectivity index (χ0v) is 21.9. The molecule has 0 saturated carbocycles. The summed E-state index contributed by atoms with van der Waals surface area (Å²) in [5.41, 5.74) is 1.06. The number of methoxy groups -OCH3 is 1. The van der Waals surface area contributed by atoms with Gasteiger partial charge in [0, 0.05) is 25.1 Å². The molecule has 0 aliphatic heterocycles. The summed E-state index contributed by atoms with van der Waals surface area (Å²) in [4.78, 5) is 30.8. The van der Waals surface area contributed by atoms with Gasteiger partial charge in [-0.3, -0.25) is 14.0 Å². The molecule has 204 valence electrons. The van der Waals surface area contributed by atoms with Crippen LogP contribution in [0.5, 0.6) is 28.9 Å². The quantitative estimate of drug-likeness (QED) is 0.227. The number of phenols is 2. The first-order chi connectivity index (χ1) is 18.7. The highest BCUT2D eigenvalue weighted by Gasteiger charge is 2.27. The van der Waals surface area contributed by atoms with Crippen LogP contribution in [0.15, 0.2) is 65.6 Å². The summed E-state index contributed by atoms with van der Waals surface area (Å²) in [6, 6.07) is 14.6. The first kappa shape index (κ1) is 27.3. The Morgan fingerprint density at radius 2 is 1.82 bits per heavy atom. The fourth-order valence-electron chi connectivity index (χ4n) is 4.36. The van der Waals surface area contributed by atoms with E-state index < -0.39 is 17.4 Å². The number of aromatic hydroxyl groups is 3. The minimum absolute atomic E-state index is 0.0168. The molecule has 39 heavy (non-hydrogen) atoms. The van der Waals surface area contributed by atoms with Crippen molar-refractivity contribution in [2.24, 2.45) is 0 Å². The van der Waals surface area contributed by atoms with Crippen molar-refractivity contribution >= 4 is 11.6 Å². The minimum atomic E-state index is -0.846. The van der Waals surface area contributed by atoms with Gasteiger partial charge in [0.2, 0.25) is 11.8 Å². The number of ether oxygens (including phenoxy) is 2. The van der Waals surface area contributed by atoms with E-state index in [2.05, 4.69) is 10.3 Å². The Kier molecular flexibility index (Phi) is 8.24. The highest BCUT2D eigenvalue weighted by molar-refractivity contribution is 5.78. The normalized spacial score (nSPS) is 11.9. The van der Waals surface area contributed by atoms with Crippen LogP contribution in [0, 0.1) is 0 Å². The van der Waals surface area contributed by atoms with Gasteiger partial charge in [-0.15, -0.1) is 0 Å². The van der Waals surface area contributed by atoms with E-state index in [0.29, 0.717) is 23.5 Å². The summed E-state index contributed by atoms with van der Waals surface area (Å²) in [6.45, 7) is 4.03. The lowest BCUT2D eigenvalue weighted by Gasteiger charge is -2.21. The average Bonchev–Trinajstić information content (AvgIpc) is 2.90. The second-order valence-corrected chi connectivity index (χ2v) is 9.34. The van der Waals surface area contributed by atoms with Crippen LogP contribution in [0.4, 0.5) is 0 Å². The maximum absolute atomic E-state index is 13.5. The zero-order valence-electron chi connectivity index (χ0n) is 21.9. The highest BCUT2D eigenvalue weighted by atomic mass is 16.5. The number of pyridine rings is 1. The molecule has 1 unspecified atom stereocenters. The predicted octanol–water partition coefficient (Wildman–Crippen LogP) is 3.49. The van der Waals surface area contributed by atoms with Crippen molar-refractivity contribution in [2.45, 2.75) is 38.7 Å². The molecule has 4 aromatic rings. The molecule has 2 aromatic heterocycles. The van der Waals surface area contributed by atoms with E-state index in [1.807, 2.05) is 13.8 Å². The van der Waals surface area contributed by atoms with Crippen LogP contribution in [-0.4, -0.2) is 50.4 Å². The number of hydrogen-bond donors (Lipinski definition) is 4. The molecule has 0 saturated heterocycles. The molecule has 0 spiro atoms. The first-order valence-electron chi connectivity index (χ1n) is 12.5. The zero-order chi connectivity index (χ0) is 28.1. The second-order valence-electron chi connectivity index (χ2n) is 9.34. The number of aromatic nitrogens is 2. The van der Waals surface area contributed by atoms with Crippen molar-refractivity contribution in [3.8, 4) is 28.9 Å². The predicted molar refractivity (Wildman–Crippen MR) is 145 cm³/mol. The molecule has 4 N–H and O–H groups in total. The van der Waals surface area contributed by atoms with Gasteiger partial charge >= 0.3 is 0 Å². The lowest BCUT2D eigenvalue weighted by Crippen LogP contribution is -2.30. The lowest BCUT2D eigenvalue weighted by atomic mass is 9.88. The van der Waals surface area contributed by atoms with Gasteiger partial charge in [-0.2, -0.15) is 4.98 Å². The molecule has 1 atom stereocenters. The van der Waals surface area contributed by atoms with Crippen LogP contribution in [0.3, 0.4) is 0 Å². The molecule has 0 aliphatic rings. The largest absolute Gasteiger partial charge is 0.504 e. The van der Waals surface area contributed by atoms with Crippen molar-refractivity contribution in [1.29, 1.82) is 0 Å². The van der Waals surface area contributed by atoms with E-state index in [4.69, 9.17) is 9.47 Å². The molecule has 2 heterocycles. The van der Waals surface area contributed by atoms with Gasteiger partial charge in [0.05, 0.1) is 18.8 Å². The van der Waals surface area contributed by atoms with E-state index in [0.717, 1.165) is 5.56 Å². The number of amides is 1. The molecule has 4 rings (SSSR count). The van der Waals surface area contributed by atoms with Crippen LogP contribution in [0.25, 0.3) is 5.65 Å². The Balaban J connectivity index is 1.66. The summed E-state index contributed by atoms with van der Waals surface area (Å²) in [5.74, 6) is -1.19. The fraction of sp³-hybridized carbons (Fsp3) is 0.276. The van der Waals surface area contributed by atoms with Crippen LogP contribution in [-0.2, 0) is 11.2 Å². The smallest absolute Gasteiger partial charge is 0.265 e. The monoisotopic (exact) mass is 533 g/mol. The maximum Gasteiger partial charge on any atom is 0.265 e. The topological polar surface area (TPSA) is 143 Å². The van der Waals surface area contributed by atoms with Crippen molar-refractivity contribution in [2.75, 3.05) is 13.7 Å². The maximum atomic E-state index is 13.5. The molecule has 0 bridgehead atoms. The number of nitrogens with zero attached hydrogens (tertiary/aromatic N) is 2. The van der Waals surface area contributed by atoms with E-state index in [9.17, 15) is 24.9 Å². The number of carbonyl (C=O) groups excluding carboxylic acids is 1. The number of hydrogen-bond acceptors (Lipinski definition) is 8. The first-order valence-corrected chi connectivity index (χ1v) is 12.5. The molecular weight excluding hydrogens is 502 g/mol. The van der Waals surface area contributed by atoms with E-state index in [1.54, 1.807) is 48.7 Å². The van der Waals surface area contributed by atoms with Crippen LogP contribution < -0.4 is 20.3 Å². The molecule has 0 aliphatic carbocycles. The minimum Gasteiger partial charge on any atom is -0.504 e. The van der Waals surface area contributed by atoms with Crippen molar-refractivity contribution in [1.82, 2.24) is 14.7 Å². The molecule has 10 heteroatoms. The summed E-state index contributed by atoms with van der Waals surface area (Å²) >= 11 is 0. The summed E-state index contributed by atoms with van der Waals surface area (Å²) in [6.07, 6.45) is 1.71. The molecule has 0 radical (unpaired) electrons. The number of nitrogens with one attached hydrogen (secondary N) is 1. The van der Waals surface area contributed by atoms with Gasteiger partial charge in [-0.05, 0) is 67.8 Å². The Hall–Kier alpha value is -4.73. The van der Waals surface area contributed by atoms with Gasteiger partial charge < -0.3 is 30.1 Å². The van der Waals surface area contributed by atoms with Crippen LogP contribution in [0.2, 0.25) is 0 Å². The Bertz CT molecular complexity index is 1550. The highest BCUT2D eigenvalue weighted by Crippen LogP contribution is 2.37. The summed E-state index contributed by atoms with van der Waals surface area (Å²) in [5, 5.41) is 32.9. The number of fused-ring (bicyclic) bond motifs is 1. The van der Waals surface area contributed by atoms with Gasteiger partial charge in [-0.1, -0.05) is 18.2 Å². The number of carbonyl (C=O) groups is 1. The van der Waals surface area contributed by atoms with Crippen molar-refractivity contribution < 1.29 is 29.6 Å². The summed E-state index contributed by atoms with van der Waals surface area (Å²) in [7, 11) is 1.50. The molecule has 1 amide bonds. The molecule has 10 nitrogen and oxygen atoms in total. The van der Waals surface area contributed by atoms with Crippen LogP contribution in [0.1, 0.15) is 42.9 Å². The number of rotatable bonds is 10. The van der Waals surface area contributed by atoms with Gasteiger partial charge in [0.15, 0.2) is 23.0 Å². The van der Waals surface area contributed by atoms with Crippen molar-refractivity contribution in [3.05, 3.63) is 87.8 Å². The fourth-order valence-corrected chi connectivity index (χ4v) is 4.36. The third-order valence-corrected chi connectivity index (χ3v) is 6.22. The van der Waals surface area contributed by atoms with E-state index in [1.165, 1.54) is 23.6 Å². The number of benzene rings is 2. The SMILES string of the molecule is COc1cc(C(CC(=O)NCCc2ccc(O)c(O)c2)c2c(O)nc3ccccn3c2=O)ccc1OC(C)C. The average molecular weight is 534 g/mol. The molecular formula is C29H31N3O7. The van der Waals surface area contributed by atoms with Gasteiger partial charge in [0.1, 0.15) is 5.65 Å². The van der Waals surface area contributed by atoms with E-state index >= 15 is 0 Å². The standard InChI is InChI=1S/C29H31N3O7/c1-17(2)39-23-10-8-19(15-24(23)38-3)20(27-28(36)31-25-6-4-5-13-32(25)29(27)37)16-26(35)30-12-11-18-7-9-21(33)22(34)14-18/h4-10,13-15,17,20,33-34,36H,11-12,16H2,1-3H3,(H,30,35). The van der Waals surface area contributed by atoms with Gasteiger partial charge in [-0.25, -0.2) is 0 Å². The number of phenolic OH excluding ortho intramolecular Hbond substituents is 2. The Labute approximate surface area is 225 Å². The van der Waals surface area contributed by atoms with Gasteiger partial charge in [0.25, 0.3) is 5.56 Å². The van der Waals surface area contributed by atoms with Crippen molar-refractivity contribution in [3.63, 3.8) is 0 Å². The summed E-state index contributed by atoms with van der Waals surface area (Å²) < 4.78 is 12.6. The third kappa shape index (κ3) is 6.23. The molecule has 2 aromatic carbocycles.